The van der Waals surface area contributed by atoms with E-state index in [-0.39, 0.29) is 0 Å². The number of hydrogen-bond donors (Lipinski definition) is 0. The Labute approximate surface area is 49.2 Å². The zero-order valence-corrected chi connectivity index (χ0v) is 5.05. The Kier molecular flexibility index (Phi) is 3.51. The van der Waals surface area contributed by atoms with Crippen molar-refractivity contribution in [3.8, 4) is 6.07 Å². The summed E-state index contributed by atoms with van der Waals surface area (Å²) < 4.78 is 0. The van der Waals surface area contributed by atoms with E-state index >= 15 is 0 Å². The standard InChI is InChI=1S/C6H8N2/c1-3-4-6(5-7)8-2/h3-4H,1-2H3/b4-3-,8-6?. The Balaban J connectivity index is 3.98. The van der Waals surface area contributed by atoms with E-state index in [1.807, 2.05) is 13.0 Å². The van der Waals surface area contributed by atoms with Crippen LogP contribution in [0.3, 0.4) is 0 Å². The van der Waals surface area contributed by atoms with Gasteiger partial charge in [0.05, 0.1) is 0 Å². The summed E-state index contributed by atoms with van der Waals surface area (Å²) >= 11 is 0. The summed E-state index contributed by atoms with van der Waals surface area (Å²) in [6, 6.07) is 1.92. The van der Waals surface area contributed by atoms with E-state index in [4.69, 9.17) is 5.26 Å². The van der Waals surface area contributed by atoms with E-state index < -0.39 is 0 Å². The van der Waals surface area contributed by atoms with E-state index in [1.165, 1.54) is 0 Å². The van der Waals surface area contributed by atoms with Gasteiger partial charge >= 0.3 is 0 Å². The summed E-state index contributed by atoms with van der Waals surface area (Å²) in [6.45, 7) is 1.85. The molecule has 0 bridgehead atoms. The van der Waals surface area contributed by atoms with Crippen LogP contribution in [0.2, 0.25) is 0 Å². The Morgan fingerprint density at radius 3 is 2.50 bits per heavy atom. The fourth-order valence-corrected chi connectivity index (χ4v) is 0.320. The molecule has 0 aromatic rings. The van der Waals surface area contributed by atoms with Gasteiger partial charge in [-0.1, -0.05) is 6.08 Å². The monoisotopic (exact) mass is 108 g/mol. The first-order chi connectivity index (χ1) is 3.85. The molecular weight excluding hydrogens is 100 g/mol. The second-order valence-electron chi connectivity index (χ2n) is 1.22. The highest BCUT2D eigenvalue weighted by Gasteiger charge is 1.81. The van der Waals surface area contributed by atoms with Gasteiger partial charge in [0.1, 0.15) is 11.8 Å². The lowest BCUT2D eigenvalue weighted by Gasteiger charge is -1.77. The minimum atomic E-state index is 0.465. The first kappa shape index (κ1) is 6.90. The van der Waals surface area contributed by atoms with Gasteiger partial charge in [0.15, 0.2) is 0 Å². The third kappa shape index (κ3) is 2.14. The van der Waals surface area contributed by atoms with Gasteiger partial charge in [-0.3, -0.25) is 4.99 Å². The summed E-state index contributed by atoms with van der Waals surface area (Å²) in [5.74, 6) is 0. The molecule has 42 valence electrons. The fraction of sp³-hybridized carbons (Fsp3) is 0.333. The third-order valence-electron chi connectivity index (χ3n) is 0.680. The molecule has 0 heterocycles. The first-order valence-corrected chi connectivity index (χ1v) is 2.34. The van der Waals surface area contributed by atoms with Gasteiger partial charge in [-0.05, 0) is 13.0 Å². The summed E-state index contributed by atoms with van der Waals surface area (Å²) in [5, 5.41) is 8.23. The Morgan fingerprint density at radius 1 is 1.75 bits per heavy atom. The smallest absolute Gasteiger partial charge is 0.134 e. The summed E-state index contributed by atoms with van der Waals surface area (Å²) in [5.41, 5.74) is 0.465. The molecule has 0 unspecified atom stereocenters. The SMILES string of the molecule is C/C=C\C(C#N)=NC. The number of hydrogen-bond acceptors (Lipinski definition) is 2. The maximum Gasteiger partial charge on any atom is 0.134 e. The van der Waals surface area contributed by atoms with Crippen LogP contribution >= 0.6 is 0 Å². The van der Waals surface area contributed by atoms with Gasteiger partial charge in [0, 0.05) is 7.05 Å². The first-order valence-electron chi connectivity index (χ1n) is 2.34. The lowest BCUT2D eigenvalue weighted by molar-refractivity contribution is 1.44. The highest BCUT2D eigenvalue weighted by molar-refractivity contribution is 6.06. The molecule has 0 aliphatic carbocycles. The molecule has 2 heteroatoms. The molecular formula is C6H8N2. The minimum absolute atomic E-state index is 0.465. The molecule has 0 radical (unpaired) electrons. The lowest BCUT2D eigenvalue weighted by atomic mass is 10.4. The van der Waals surface area contributed by atoms with Crippen molar-refractivity contribution in [2.24, 2.45) is 4.99 Å². The maximum absolute atomic E-state index is 8.23. The Bertz CT molecular complexity index is 148. The van der Waals surface area contributed by atoms with Gasteiger partial charge in [-0.15, -0.1) is 0 Å². The van der Waals surface area contributed by atoms with Gasteiger partial charge in [0.2, 0.25) is 0 Å². The van der Waals surface area contributed by atoms with Gasteiger partial charge < -0.3 is 0 Å². The number of allylic oxidation sites excluding steroid dienone is 2. The van der Waals surface area contributed by atoms with E-state index in [2.05, 4.69) is 4.99 Å². The maximum atomic E-state index is 8.23. The molecule has 8 heavy (non-hydrogen) atoms. The van der Waals surface area contributed by atoms with Crippen LogP contribution in [-0.4, -0.2) is 12.8 Å². The molecule has 0 saturated heterocycles. The summed E-state index contributed by atoms with van der Waals surface area (Å²) in [7, 11) is 1.60. The molecule has 0 spiro atoms. The fourth-order valence-electron chi connectivity index (χ4n) is 0.320. The molecule has 0 N–H and O–H groups in total. The molecule has 0 aliphatic rings. The Morgan fingerprint density at radius 2 is 2.38 bits per heavy atom. The molecule has 0 saturated carbocycles. The Hall–Kier alpha value is -1.10. The summed E-state index contributed by atoms with van der Waals surface area (Å²) in [6.07, 6.45) is 3.45. The van der Waals surface area contributed by atoms with Gasteiger partial charge in [-0.25, -0.2) is 0 Å². The number of nitrogens with zero attached hydrogens (tertiary/aromatic N) is 2. The molecule has 0 fully saturated rings. The van der Waals surface area contributed by atoms with E-state index in [0.29, 0.717) is 5.71 Å². The van der Waals surface area contributed by atoms with Crippen LogP contribution in [0.4, 0.5) is 0 Å². The highest BCUT2D eigenvalue weighted by atomic mass is 14.7. The second-order valence-corrected chi connectivity index (χ2v) is 1.22. The average molecular weight is 108 g/mol. The predicted molar refractivity (Wildman–Crippen MR) is 33.8 cm³/mol. The van der Waals surface area contributed by atoms with Crippen molar-refractivity contribution >= 4 is 5.71 Å². The van der Waals surface area contributed by atoms with Crippen LogP contribution in [0.5, 0.6) is 0 Å². The van der Waals surface area contributed by atoms with Crippen LogP contribution in [0.15, 0.2) is 17.1 Å². The number of nitriles is 1. The zero-order valence-electron chi connectivity index (χ0n) is 5.05. The summed E-state index contributed by atoms with van der Waals surface area (Å²) in [4.78, 5) is 3.66. The quantitative estimate of drug-likeness (QED) is 0.464. The van der Waals surface area contributed by atoms with Crippen molar-refractivity contribution in [1.29, 1.82) is 5.26 Å². The van der Waals surface area contributed by atoms with Crippen molar-refractivity contribution in [2.75, 3.05) is 7.05 Å². The molecule has 2 nitrogen and oxygen atoms in total. The second kappa shape index (κ2) is 4.07. The van der Waals surface area contributed by atoms with Crippen LogP contribution < -0.4 is 0 Å². The average Bonchev–Trinajstić information content (AvgIpc) is 1.83. The topological polar surface area (TPSA) is 36.1 Å². The van der Waals surface area contributed by atoms with E-state index in [1.54, 1.807) is 19.2 Å². The molecule has 0 amide bonds. The molecule has 0 aromatic carbocycles. The number of aliphatic imine (C=N–C) groups is 1. The van der Waals surface area contributed by atoms with Crippen LogP contribution in [-0.2, 0) is 0 Å². The predicted octanol–water partition coefficient (Wildman–Crippen LogP) is 1.16. The molecule has 0 aromatic heterocycles. The van der Waals surface area contributed by atoms with Crippen LogP contribution in [0.25, 0.3) is 0 Å². The van der Waals surface area contributed by atoms with Crippen molar-refractivity contribution in [3.05, 3.63) is 12.2 Å². The van der Waals surface area contributed by atoms with Crippen molar-refractivity contribution in [1.82, 2.24) is 0 Å². The van der Waals surface area contributed by atoms with Crippen LogP contribution in [0.1, 0.15) is 6.92 Å². The minimum Gasteiger partial charge on any atom is -0.278 e. The largest absolute Gasteiger partial charge is 0.278 e. The lowest BCUT2D eigenvalue weighted by Crippen LogP contribution is -1.84. The van der Waals surface area contributed by atoms with Crippen molar-refractivity contribution in [3.63, 3.8) is 0 Å². The van der Waals surface area contributed by atoms with E-state index in [0.717, 1.165) is 0 Å². The van der Waals surface area contributed by atoms with Gasteiger partial charge in [-0.2, -0.15) is 5.26 Å². The zero-order chi connectivity index (χ0) is 6.41. The molecule has 0 aliphatic heterocycles. The molecule has 0 atom stereocenters. The van der Waals surface area contributed by atoms with E-state index in [9.17, 15) is 0 Å². The van der Waals surface area contributed by atoms with Crippen molar-refractivity contribution in [2.45, 2.75) is 6.92 Å². The van der Waals surface area contributed by atoms with Crippen molar-refractivity contribution < 1.29 is 0 Å². The number of rotatable bonds is 1. The highest BCUT2D eigenvalue weighted by Crippen LogP contribution is 1.76. The molecule has 0 rings (SSSR count). The van der Waals surface area contributed by atoms with Gasteiger partial charge in [0.25, 0.3) is 0 Å². The normalized spacial score (nSPS) is 11.9. The van der Waals surface area contributed by atoms with Crippen LogP contribution in [0, 0.1) is 11.3 Å². The third-order valence-corrected chi connectivity index (χ3v) is 0.680.